The van der Waals surface area contributed by atoms with Gasteiger partial charge in [-0.05, 0) is 29.1 Å². The fraction of sp³-hybridized carbons (Fsp3) is 0.0769. The first-order valence-electron chi connectivity index (χ1n) is 5.42. The topological polar surface area (TPSA) is 46.0 Å². The van der Waals surface area contributed by atoms with Crippen molar-refractivity contribution in [3.8, 4) is 0 Å². The number of fused-ring (bicyclic) bond motifs is 1. The summed E-state index contributed by atoms with van der Waals surface area (Å²) in [5, 5.41) is 12.0. The Morgan fingerprint density at radius 3 is 2.72 bits per heavy atom. The number of thiophene rings is 1. The summed E-state index contributed by atoms with van der Waals surface area (Å²) < 4.78 is 1.12. The maximum Gasteiger partial charge on any atom is 0.122 e. The number of aliphatic hydroxyl groups excluding tert-OH is 1. The minimum Gasteiger partial charge on any atom is -0.392 e. The molecule has 0 bridgehead atoms. The van der Waals surface area contributed by atoms with Crippen LogP contribution >= 0.6 is 23.1 Å². The van der Waals surface area contributed by atoms with Crippen molar-refractivity contribution in [2.75, 3.05) is 0 Å². The van der Waals surface area contributed by atoms with Crippen molar-refractivity contribution in [2.45, 2.75) is 16.5 Å². The number of aromatic nitrogens is 2. The molecule has 2 heterocycles. The molecule has 3 nitrogen and oxygen atoms in total. The van der Waals surface area contributed by atoms with E-state index in [1.807, 2.05) is 35.7 Å². The van der Waals surface area contributed by atoms with Gasteiger partial charge in [-0.1, -0.05) is 23.9 Å². The molecule has 0 aliphatic rings. The van der Waals surface area contributed by atoms with Crippen LogP contribution in [0.1, 0.15) is 5.56 Å². The van der Waals surface area contributed by atoms with E-state index in [4.69, 9.17) is 5.11 Å². The molecule has 1 aromatic carbocycles. The van der Waals surface area contributed by atoms with E-state index in [1.165, 1.54) is 0 Å². The van der Waals surface area contributed by atoms with E-state index in [9.17, 15) is 0 Å². The quantitative estimate of drug-likeness (QED) is 0.744. The molecule has 0 aliphatic heterocycles. The van der Waals surface area contributed by atoms with Gasteiger partial charge in [-0.3, -0.25) is 0 Å². The molecule has 0 amide bonds. The molecule has 90 valence electrons. The molecule has 2 aromatic heterocycles. The van der Waals surface area contributed by atoms with Gasteiger partial charge >= 0.3 is 0 Å². The van der Waals surface area contributed by atoms with E-state index in [-0.39, 0.29) is 6.61 Å². The number of rotatable bonds is 3. The first-order chi connectivity index (χ1) is 8.86. The molecule has 3 rings (SSSR count). The van der Waals surface area contributed by atoms with Gasteiger partial charge in [0.15, 0.2) is 0 Å². The van der Waals surface area contributed by atoms with Crippen LogP contribution < -0.4 is 0 Å². The Hall–Kier alpha value is -1.43. The van der Waals surface area contributed by atoms with Crippen LogP contribution in [0.2, 0.25) is 0 Å². The van der Waals surface area contributed by atoms with Crippen molar-refractivity contribution in [3.05, 3.63) is 47.6 Å². The summed E-state index contributed by atoms with van der Waals surface area (Å²) in [4.78, 5) is 9.67. The minimum absolute atomic E-state index is 0.0770. The highest BCUT2D eigenvalue weighted by molar-refractivity contribution is 7.99. The predicted octanol–water partition coefficient (Wildman–Crippen LogP) is 3.33. The van der Waals surface area contributed by atoms with E-state index in [0.717, 1.165) is 25.7 Å². The molecule has 0 saturated carbocycles. The van der Waals surface area contributed by atoms with E-state index >= 15 is 0 Å². The summed E-state index contributed by atoms with van der Waals surface area (Å²) in [6.07, 6.45) is 1.60. The zero-order valence-corrected chi connectivity index (χ0v) is 11.0. The van der Waals surface area contributed by atoms with Gasteiger partial charge in [0, 0.05) is 4.90 Å². The largest absolute Gasteiger partial charge is 0.392 e. The molecule has 5 heteroatoms. The van der Waals surface area contributed by atoms with Crippen molar-refractivity contribution >= 4 is 33.3 Å². The Balaban J connectivity index is 1.93. The van der Waals surface area contributed by atoms with E-state index in [2.05, 4.69) is 9.97 Å². The van der Waals surface area contributed by atoms with Gasteiger partial charge in [0.2, 0.25) is 0 Å². The van der Waals surface area contributed by atoms with Crippen LogP contribution in [0.25, 0.3) is 10.2 Å². The molecule has 1 N–H and O–H groups in total. The predicted molar refractivity (Wildman–Crippen MR) is 73.9 cm³/mol. The minimum atomic E-state index is 0.0770. The van der Waals surface area contributed by atoms with Crippen molar-refractivity contribution in [2.24, 2.45) is 0 Å². The lowest BCUT2D eigenvalue weighted by Crippen LogP contribution is -1.84. The number of aliphatic hydroxyl groups is 1. The fourth-order valence-electron chi connectivity index (χ4n) is 1.61. The molecule has 3 aromatic rings. The summed E-state index contributed by atoms with van der Waals surface area (Å²) >= 11 is 3.27. The second-order valence-corrected chi connectivity index (χ2v) is 5.70. The first kappa shape index (κ1) is 11.6. The number of hydrogen-bond acceptors (Lipinski definition) is 5. The lowest BCUT2D eigenvalue weighted by Gasteiger charge is -2.02. The zero-order valence-electron chi connectivity index (χ0n) is 9.41. The molecule has 0 fully saturated rings. The molecule has 0 aliphatic carbocycles. The second kappa shape index (κ2) is 5.06. The van der Waals surface area contributed by atoms with Crippen molar-refractivity contribution < 1.29 is 5.11 Å². The Bertz CT molecular complexity index is 664. The normalized spacial score (nSPS) is 10.9. The maximum atomic E-state index is 9.01. The Morgan fingerprint density at radius 1 is 1.11 bits per heavy atom. The Morgan fingerprint density at radius 2 is 1.94 bits per heavy atom. The molecule has 0 spiro atoms. The molecule has 0 saturated heterocycles. The van der Waals surface area contributed by atoms with Crippen LogP contribution in [-0.2, 0) is 6.61 Å². The molecule has 18 heavy (non-hydrogen) atoms. The summed E-state index contributed by atoms with van der Waals surface area (Å²) in [7, 11) is 0. The standard InChI is InChI=1S/C13H10N2OS2/c16-7-9-1-3-10(4-2-9)18-13-12-11(5-6-17-12)14-8-15-13/h1-6,8,16H,7H2. The van der Waals surface area contributed by atoms with Crippen molar-refractivity contribution in [3.63, 3.8) is 0 Å². The van der Waals surface area contributed by atoms with Gasteiger partial charge in [-0.2, -0.15) is 0 Å². The monoisotopic (exact) mass is 274 g/mol. The molecule has 0 atom stereocenters. The van der Waals surface area contributed by atoms with Gasteiger partial charge in [0.1, 0.15) is 11.4 Å². The average molecular weight is 274 g/mol. The molecular weight excluding hydrogens is 264 g/mol. The first-order valence-corrected chi connectivity index (χ1v) is 7.12. The third-order valence-electron chi connectivity index (χ3n) is 2.53. The highest BCUT2D eigenvalue weighted by Gasteiger charge is 2.06. The van der Waals surface area contributed by atoms with Crippen molar-refractivity contribution in [1.29, 1.82) is 0 Å². The molecular formula is C13H10N2OS2. The smallest absolute Gasteiger partial charge is 0.122 e. The van der Waals surface area contributed by atoms with Gasteiger partial charge in [0.25, 0.3) is 0 Å². The summed E-state index contributed by atoms with van der Waals surface area (Å²) in [6, 6.07) is 9.85. The average Bonchev–Trinajstić information content (AvgIpc) is 2.89. The lowest BCUT2D eigenvalue weighted by atomic mass is 10.2. The lowest BCUT2D eigenvalue weighted by molar-refractivity contribution is 0.282. The summed E-state index contributed by atoms with van der Waals surface area (Å²) in [6.45, 7) is 0.0770. The van der Waals surface area contributed by atoms with Crippen LogP contribution in [0.4, 0.5) is 0 Å². The van der Waals surface area contributed by atoms with E-state index < -0.39 is 0 Å². The Labute approximate surface area is 113 Å². The van der Waals surface area contributed by atoms with Crippen LogP contribution in [0.15, 0.2) is 52.0 Å². The van der Waals surface area contributed by atoms with E-state index in [0.29, 0.717) is 0 Å². The van der Waals surface area contributed by atoms with Gasteiger partial charge in [0.05, 0.1) is 16.8 Å². The van der Waals surface area contributed by atoms with Crippen LogP contribution in [0.3, 0.4) is 0 Å². The number of hydrogen-bond donors (Lipinski definition) is 1. The number of benzene rings is 1. The van der Waals surface area contributed by atoms with Gasteiger partial charge in [-0.25, -0.2) is 9.97 Å². The van der Waals surface area contributed by atoms with E-state index in [1.54, 1.807) is 29.4 Å². The third kappa shape index (κ3) is 2.25. The maximum absolute atomic E-state index is 9.01. The second-order valence-electron chi connectivity index (χ2n) is 3.72. The van der Waals surface area contributed by atoms with Crippen LogP contribution in [-0.4, -0.2) is 15.1 Å². The van der Waals surface area contributed by atoms with Crippen LogP contribution in [0.5, 0.6) is 0 Å². The highest BCUT2D eigenvalue weighted by Crippen LogP contribution is 2.33. The van der Waals surface area contributed by atoms with Gasteiger partial charge < -0.3 is 5.11 Å². The number of nitrogens with zero attached hydrogens (tertiary/aromatic N) is 2. The highest BCUT2D eigenvalue weighted by atomic mass is 32.2. The zero-order chi connectivity index (χ0) is 12.4. The van der Waals surface area contributed by atoms with Crippen LogP contribution in [0, 0.1) is 0 Å². The summed E-state index contributed by atoms with van der Waals surface area (Å²) in [5.74, 6) is 0. The fourth-order valence-corrected chi connectivity index (χ4v) is 3.40. The SMILES string of the molecule is OCc1ccc(Sc2ncnc3ccsc23)cc1. The third-order valence-corrected chi connectivity index (χ3v) is 4.58. The Kier molecular flexibility index (Phi) is 3.27. The van der Waals surface area contributed by atoms with Crippen molar-refractivity contribution in [1.82, 2.24) is 9.97 Å². The van der Waals surface area contributed by atoms with Gasteiger partial charge in [-0.15, -0.1) is 11.3 Å². The molecule has 0 unspecified atom stereocenters. The summed E-state index contributed by atoms with van der Waals surface area (Å²) in [5.41, 5.74) is 1.91. The molecule has 0 radical (unpaired) electrons.